The number of carbonyl (C=O) groups is 2. The number of para-hydroxylation sites is 1. The molecule has 0 radical (unpaired) electrons. The summed E-state index contributed by atoms with van der Waals surface area (Å²) in [7, 11) is 0. The molecular formula is C16H13BrN2O2. The molecule has 5 heteroatoms. The van der Waals surface area contributed by atoms with E-state index in [9.17, 15) is 9.59 Å². The minimum absolute atomic E-state index is 0.226. The molecule has 21 heavy (non-hydrogen) atoms. The summed E-state index contributed by atoms with van der Waals surface area (Å²) in [4.78, 5) is 26.0. The van der Waals surface area contributed by atoms with Crippen LogP contribution in [0.25, 0.3) is 0 Å². The van der Waals surface area contributed by atoms with Crippen molar-refractivity contribution < 1.29 is 9.59 Å². The van der Waals surface area contributed by atoms with Crippen LogP contribution in [-0.4, -0.2) is 17.9 Å². The summed E-state index contributed by atoms with van der Waals surface area (Å²) in [5, 5.41) is 0. The Kier molecular flexibility index (Phi) is 3.51. The molecule has 0 aliphatic carbocycles. The average molecular weight is 345 g/mol. The largest absolute Gasteiger partial charge is 0.368 e. The molecule has 2 amide bonds. The zero-order valence-corrected chi connectivity index (χ0v) is 12.7. The van der Waals surface area contributed by atoms with Gasteiger partial charge in [-0.25, -0.2) is 0 Å². The number of amides is 2. The van der Waals surface area contributed by atoms with Crippen LogP contribution in [0.1, 0.15) is 15.9 Å². The van der Waals surface area contributed by atoms with Crippen molar-refractivity contribution in [1.29, 1.82) is 0 Å². The fourth-order valence-electron chi connectivity index (χ4n) is 2.63. The van der Waals surface area contributed by atoms with Crippen molar-refractivity contribution in [2.45, 2.75) is 12.5 Å². The van der Waals surface area contributed by atoms with Crippen LogP contribution in [0.3, 0.4) is 0 Å². The van der Waals surface area contributed by atoms with Gasteiger partial charge in [-0.1, -0.05) is 30.3 Å². The van der Waals surface area contributed by atoms with Gasteiger partial charge in [-0.05, 0) is 39.7 Å². The van der Waals surface area contributed by atoms with Crippen molar-refractivity contribution >= 4 is 33.4 Å². The van der Waals surface area contributed by atoms with E-state index in [1.807, 2.05) is 30.3 Å². The molecule has 3 rings (SSSR count). The number of fused-ring (bicyclic) bond motifs is 1. The molecule has 1 heterocycles. The molecular weight excluding hydrogens is 332 g/mol. The van der Waals surface area contributed by atoms with Gasteiger partial charge < -0.3 is 5.73 Å². The molecule has 1 unspecified atom stereocenters. The van der Waals surface area contributed by atoms with Crippen LogP contribution in [0.15, 0.2) is 53.0 Å². The van der Waals surface area contributed by atoms with E-state index in [0.717, 1.165) is 11.3 Å². The Hall–Kier alpha value is -2.14. The minimum Gasteiger partial charge on any atom is -0.368 e. The van der Waals surface area contributed by atoms with Crippen molar-refractivity contribution in [3.63, 3.8) is 0 Å². The number of halogens is 1. The summed E-state index contributed by atoms with van der Waals surface area (Å²) >= 11 is 3.38. The molecule has 0 saturated carbocycles. The first-order valence-corrected chi connectivity index (χ1v) is 7.34. The zero-order valence-electron chi connectivity index (χ0n) is 11.1. The summed E-state index contributed by atoms with van der Waals surface area (Å²) in [6, 6.07) is 14.0. The zero-order chi connectivity index (χ0) is 15.0. The van der Waals surface area contributed by atoms with Crippen molar-refractivity contribution in [2.75, 3.05) is 4.90 Å². The second kappa shape index (κ2) is 5.33. The third-order valence-electron chi connectivity index (χ3n) is 3.63. The van der Waals surface area contributed by atoms with Crippen LogP contribution >= 0.6 is 15.9 Å². The summed E-state index contributed by atoms with van der Waals surface area (Å²) in [6.07, 6.45) is 0.460. The lowest BCUT2D eigenvalue weighted by Crippen LogP contribution is -2.46. The van der Waals surface area contributed by atoms with Gasteiger partial charge in [0.2, 0.25) is 5.91 Å². The number of benzene rings is 2. The van der Waals surface area contributed by atoms with Crippen molar-refractivity contribution in [2.24, 2.45) is 5.73 Å². The van der Waals surface area contributed by atoms with Crippen LogP contribution in [0, 0.1) is 0 Å². The van der Waals surface area contributed by atoms with Crippen molar-refractivity contribution in [1.82, 2.24) is 0 Å². The Morgan fingerprint density at radius 3 is 2.48 bits per heavy atom. The van der Waals surface area contributed by atoms with Gasteiger partial charge in [-0.2, -0.15) is 0 Å². The number of rotatable bonds is 2. The smallest absolute Gasteiger partial charge is 0.260 e. The van der Waals surface area contributed by atoms with Gasteiger partial charge in [-0.15, -0.1) is 0 Å². The molecule has 0 spiro atoms. The van der Waals surface area contributed by atoms with Crippen molar-refractivity contribution in [3.8, 4) is 0 Å². The number of hydrogen-bond acceptors (Lipinski definition) is 2. The summed E-state index contributed by atoms with van der Waals surface area (Å²) in [5.74, 6) is -0.720. The fraction of sp³-hybridized carbons (Fsp3) is 0.125. The predicted molar refractivity (Wildman–Crippen MR) is 84.1 cm³/mol. The first-order valence-electron chi connectivity index (χ1n) is 6.55. The first kappa shape index (κ1) is 13.8. The van der Waals surface area contributed by atoms with Gasteiger partial charge in [-0.3, -0.25) is 14.5 Å². The summed E-state index contributed by atoms with van der Waals surface area (Å²) < 4.78 is 0.697. The highest BCUT2D eigenvalue weighted by molar-refractivity contribution is 9.10. The van der Waals surface area contributed by atoms with Gasteiger partial charge in [0.1, 0.15) is 6.04 Å². The van der Waals surface area contributed by atoms with Gasteiger partial charge in [0.25, 0.3) is 5.91 Å². The van der Waals surface area contributed by atoms with Gasteiger partial charge in [0, 0.05) is 16.6 Å². The van der Waals surface area contributed by atoms with E-state index >= 15 is 0 Å². The monoisotopic (exact) mass is 344 g/mol. The normalized spacial score (nSPS) is 16.6. The standard InChI is InChI=1S/C16H13BrN2O2/c17-12-7-3-2-6-11(12)16(21)19-13-8-4-1-5-10(13)9-14(19)15(18)20/h1-8,14H,9H2,(H2,18,20). The maximum absolute atomic E-state index is 12.8. The number of primary amides is 1. The number of carbonyl (C=O) groups excluding carboxylic acids is 2. The second-order valence-electron chi connectivity index (χ2n) is 4.91. The molecule has 0 bridgehead atoms. The third-order valence-corrected chi connectivity index (χ3v) is 4.32. The van der Waals surface area contributed by atoms with Crippen molar-refractivity contribution in [3.05, 3.63) is 64.1 Å². The van der Waals surface area contributed by atoms with Crippen LogP contribution in [0.4, 0.5) is 5.69 Å². The molecule has 106 valence electrons. The van der Waals surface area contributed by atoms with Crippen LogP contribution in [-0.2, 0) is 11.2 Å². The molecule has 0 saturated heterocycles. The molecule has 1 aliphatic rings. The predicted octanol–water partition coefficient (Wildman–Crippen LogP) is 2.51. The lowest BCUT2D eigenvalue weighted by molar-refractivity contribution is -0.119. The molecule has 2 N–H and O–H groups in total. The highest BCUT2D eigenvalue weighted by atomic mass is 79.9. The lowest BCUT2D eigenvalue weighted by atomic mass is 10.1. The number of nitrogens with two attached hydrogens (primary N) is 1. The minimum atomic E-state index is -0.637. The number of hydrogen-bond donors (Lipinski definition) is 1. The number of nitrogens with zero attached hydrogens (tertiary/aromatic N) is 1. The maximum atomic E-state index is 12.8. The van der Waals surface area contributed by atoms with E-state index in [1.54, 1.807) is 18.2 Å². The number of anilines is 1. The summed E-state index contributed by atoms with van der Waals surface area (Å²) in [6.45, 7) is 0. The van der Waals surface area contributed by atoms with E-state index in [-0.39, 0.29) is 5.91 Å². The van der Waals surface area contributed by atoms with Gasteiger partial charge in [0.15, 0.2) is 0 Å². The van der Waals surface area contributed by atoms with Gasteiger partial charge in [0.05, 0.1) is 5.56 Å². The van der Waals surface area contributed by atoms with Crippen LogP contribution in [0.5, 0.6) is 0 Å². The Morgan fingerprint density at radius 2 is 1.76 bits per heavy atom. The highest BCUT2D eigenvalue weighted by Gasteiger charge is 2.37. The van der Waals surface area contributed by atoms with Crippen LogP contribution in [0.2, 0.25) is 0 Å². The Bertz CT molecular complexity index is 730. The van der Waals surface area contributed by atoms with E-state index in [1.165, 1.54) is 4.90 Å². The lowest BCUT2D eigenvalue weighted by Gasteiger charge is -2.23. The molecule has 1 aliphatic heterocycles. The highest BCUT2D eigenvalue weighted by Crippen LogP contribution is 2.34. The van der Waals surface area contributed by atoms with Gasteiger partial charge >= 0.3 is 0 Å². The molecule has 0 fully saturated rings. The quantitative estimate of drug-likeness (QED) is 0.909. The molecule has 1 atom stereocenters. The van der Waals surface area contributed by atoms with E-state index in [0.29, 0.717) is 16.5 Å². The molecule has 4 nitrogen and oxygen atoms in total. The first-order chi connectivity index (χ1) is 10.1. The Labute approximate surface area is 130 Å². The maximum Gasteiger partial charge on any atom is 0.260 e. The molecule has 0 aromatic heterocycles. The van der Waals surface area contributed by atoms with E-state index in [2.05, 4.69) is 15.9 Å². The summed E-state index contributed by atoms with van der Waals surface area (Å²) in [5.41, 5.74) is 7.70. The average Bonchev–Trinajstić information content (AvgIpc) is 2.86. The van der Waals surface area contributed by atoms with Crippen LogP contribution < -0.4 is 10.6 Å². The fourth-order valence-corrected chi connectivity index (χ4v) is 3.08. The van der Waals surface area contributed by atoms with E-state index in [4.69, 9.17) is 5.73 Å². The SMILES string of the molecule is NC(=O)C1Cc2ccccc2N1C(=O)c1ccccc1Br. The topological polar surface area (TPSA) is 63.4 Å². The Balaban J connectivity index is 2.08. The Morgan fingerprint density at radius 1 is 1.10 bits per heavy atom. The second-order valence-corrected chi connectivity index (χ2v) is 5.76. The third kappa shape index (κ3) is 2.34. The van der Waals surface area contributed by atoms with E-state index < -0.39 is 11.9 Å². The molecule has 2 aromatic carbocycles. The molecule has 2 aromatic rings.